The van der Waals surface area contributed by atoms with Crippen LogP contribution in [0.25, 0.3) is 6.08 Å². The normalized spacial score (nSPS) is 16.5. The first kappa shape index (κ1) is 19.3. The van der Waals surface area contributed by atoms with Gasteiger partial charge in [0.2, 0.25) is 5.78 Å². The average molecular weight is 418 g/mol. The quantitative estimate of drug-likeness (QED) is 0.771. The summed E-state index contributed by atoms with van der Waals surface area (Å²) in [6, 6.07) is 3.39. The number of ketones is 1. The first-order chi connectivity index (χ1) is 13.9. The van der Waals surface area contributed by atoms with Crippen LogP contribution in [0.1, 0.15) is 35.7 Å². The van der Waals surface area contributed by atoms with Gasteiger partial charge in [0.1, 0.15) is 11.4 Å². The zero-order valence-corrected chi connectivity index (χ0v) is 16.8. The topological polar surface area (TPSA) is 91.6 Å². The molecule has 0 amide bonds. The van der Waals surface area contributed by atoms with Crippen LogP contribution in [0, 0.1) is 0 Å². The summed E-state index contributed by atoms with van der Waals surface area (Å²) < 4.78 is 13.7. The number of anilines is 1. The lowest BCUT2D eigenvalue weighted by Crippen LogP contribution is -2.40. The largest absolute Gasteiger partial charge is 0.489 e. The Labute approximate surface area is 171 Å². The lowest BCUT2D eigenvalue weighted by atomic mass is 10.1. The second kappa shape index (κ2) is 7.44. The summed E-state index contributed by atoms with van der Waals surface area (Å²) in [4.78, 5) is 37.9. The van der Waals surface area contributed by atoms with Crippen LogP contribution in [0.15, 0.2) is 27.4 Å². The monoisotopic (exact) mass is 417 g/mol. The van der Waals surface area contributed by atoms with Crippen molar-refractivity contribution in [3.8, 4) is 11.5 Å². The Hall–Kier alpha value is -3.00. The molecule has 0 saturated heterocycles. The van der Waals surface area contributed by atoms with Crippen LogP contribution in [0.5, 0.6) is 11.5 Å². The van der Waals surface area contributed by atoms with Crippen molar-refractivity contribution in [2.45, 2.75) is 26.3 Å². The zero-order valence-electron chi connectivity index (χ0n) is 16.1. The molecule has 3 heterocycles. The average Bonchev–Trinajstić information content (AvgIpc) is 2.86. The minimum atomic E-state index is -0.616. The molecular weight excluding hydrogens is 398 g/mol. The fourth-order valence-corrected chi connectivity index (χ4v) is 3.73. The molecule has 2 aliphatic heterocycles. The molecule has 0 radical (unpaired) electrons. The first-order valence-corrected chi connectivity index (χ1v) is 9.76. The zero-order chi connectivity index (χ0) is 20.7. The number of hydrogen-bond donors (Lipinski definition) is 1. The minimum absolute atomic E-state index is 0.0350. The van der Waals surface area contributed by atoms with Crippen LogP contribution in [-0.2, 0) is 13.6 Å². The van der Waals surface area contributed by atoms with Crippen LogP contribution in [0.3, 0.4) is 0 Å². The molecule has 0 atom stereocenters. The number of nitrogens with one attached hydrogen (secondary N) is 1. The molecule has 0 unspecified atom stereocenters. The third-order valence-electron chi connectivity index (χ3n) is 4.85. The Kier molecular flexibility index (Phi) is 4.96. The predicted octanol–water partition coefficient (Wildman–Crippen LogP) is 2.42. The van der Waals surface area contributed by atoms with Gasteiger partial charge >= 0.3 is 5.69 Å². The molecule has 0 bridgehead atoms. The maximum atomic E-state index is 12.9. The van der Waals surface area contributed by atoms with E-state index >= 15 is 0 Å². The van der Waals surface area contributed by atoms with Crippen LogP contribution >= 0.6 is 11.6 Å². The second-order valence-electron chi connectivity index (χ2n) is 6.91. The van der Waals surface area contributed by atoms with Crippen LogP contribution in [0.2, 0.25) is 5.02 Å². The molecular formula is C20H20ClN3O5. The molecule has 0 aliphatic carbocycles. The van der Waals surface area contributed by atoms with Crippen molar-refractivity contribution in [1.82, 2.24) is 9.13 Å². The number of Topliss-reactive ketones (excluding diaryl/α,β-unsaturated/α-hetero) is 1. The number of nitrogens with zero attached hydrogens (tertiary/aromatic N) is 2. The van der Waals surface area contributed by atoms with Crippen molar-refractivity contribution in [2.24, 2.45) is 7.05 Å². The summed E-state index contributed by atoms with van der Waals surface area (Å²) >= 11 is 6.33. The fourth-order valence-electron chi connectivity index (χ4n) is 3.45. The molecule has 1 aromatic heterocycles. The van der Waals surface area contributed by atoms with E-state index in [0.29, 0.717) is 48.3 Å². The lowest BCUT2D eigenvalue weighted by Gasteiger charge is -2.12. The highest BCUT2D eigenvalue weighted by Crippen LogP contribution is 2.39. The number of rotatable bonds is 3. The SMILES string of the molecule is CCCn1c2c(c(=O)n(C)c1=O)C(=O)/C(=C/c1cc(Cl)c3c(c1)OCCCO3)N2. The molecule has 1 aromatic carbocycles. The van der Waals surface area contributed by atoms with Gasteiger partial charge in [-0.2, -0.15) is 0 Å². The summed E-state index contributed by atoms with van der Waals surface area (Å²) in [6.45, 7) is 3.32. The van der Waals surface area contributed by atoms with Gasteiger partial charge in [-0.25, -0.2) is 4.79 Å². The highest BCUT2D eigenvalue weighted by molar-refractivity contribution is 6.32. The first-order valence-electron chi connectivity index (χ1n) is 9.38. The van der Waals surface area contributed by atoms with E-state index in [4.69, 9.17) is 21.1 Å². The van der Waals surface area contributed by atoms with Crippen molar-refractivity contribution in [1.29, 1.82) is 0 Å². The summed E-state index contributed by atoms with van der Waals surface area (Å²) in [7, 11) is 1.37. The van der Waals surface area contributed by atoms with Gasteiger partial charge in [0, 0.05) is 20.0 Å². The molecule has 2 aliphatic rings. The van der Waals surface area contributed by atoms with Gasteiger partial charge in [-0.3, -0.25) is 18.7 Å². The van der Waals surface area contributed by atoms with Crippen molar-refractivity contribution in [2.75, 3.05) is 18.5 Å². The highest BCUT2D eigenvalue weighted by atomic mass is 35.5. The Morgan fingerprint density at radius 2 is 1.97 bits per heavy atom. The van der Waals surface area contributed by atoms with Crippen molar-refractivity contribution >= 4 is 29.3 Å². The van der Waals surface area contributed by atoms with Crippen molar-refractivity contribution in [3.63, 3.8) is 0 Å². The molecule has 152 valence electrons. The molecule has 0 fully saturated rings. The van der Waals surface area contributed by atoms with E-state index in [9.17, 15) is 14.4 Å². The van der Waals surface area contributed by atoms with Gasteiger partial charge in [0.25, 0.3) is 5.56 Å². The van der Waals surface area contributed by atoms with Gasteiger partial charge in [-0.1, -0.05) is 18.5 Å². The van der Waals surface area contributed by atoms with Crippen LogP contribution < -0.4 is 26.0 Å². The molecule has 0 saturated carbocycles. The third-order valence-corrected chi connectivity index (χ3v) is 5.13. The Bertz CT molecular complexity index is 1160. The maximum Gasteiger partial charge on any atom is 0.332 e. The Balaban J connectivity index is 1.80. The van der Waals surface area contributed by atoms with E-state index < -0.39 is 17.0 Å². The van der Waals surface area contributed by atoms with E-state index in [1.807, 2.05) is 6.92 Å². The Morgan fingerprint density at radius 3 is 2.72 bits per heavy atom. The van der Waals surface area contributed by atoms with Gasteiger partial charge in [-0.05, 0) is 30.2 Å². The van der Waals surface area contributed by atoms with Crippen LogP contribution in [0.4, 0.5) is 5.82 Å². The lowest BCUT2D eigenvalue weighted by molar-refractivity contribution is 0.104. The molecule has 29 heavy (non-hydrogen) atoms. The number of ether oxygens (including phenoxy) is 2. The predicted molar refractivity (Wildman–Crippen MR) is 109 cm³/mol. The smallest absolute Gasteiger partial charge is 0.332 e. The number of carbonyl (C=O) groups is 1. The standard InChI is InChI=1S/C20H20ClN3O5/c1-3-5-24-18-15(19(26)23(2)20(24)27)16(25)13(22-18)9-11-8-12(21)17-14(10-11)28-6-4-7-29-17/h8-10,22H,3-7H2,1-2H3/b13-9-. The fraction of sp³-hybridized carbons (Fsp3) is 0.350. The number of benzene rings is 1. The van der Waals surface area contributed by atoms with E-state index in [2.05, 4.69) is 5.32 Å². The minimum Gasteiger partial charge on any atom is -0.489 e. The van der Waals surface area contributed by atoms with Crippen molar-refractivity contribution < 1.29 is 14.3 Å². The third kappa shape index (κ3) is 3.23. The van der Waals surface area contributed by atoms with E-state index in [-0.39, 0.29) is 17.1 Å². The van der Waals surface area contributed by atoms with Gasteiger partial charge in [0.15, 0.2) is 11.5 Å². The summed E-state index contributed by atoms with van der Waals surface area (Å²) in [5.74, 6) is 0.750. The number of hydrogen-bond acceptors (Lipinski definition) is 6. The van der Waals surface area contributed by atoms with Gasteiger partial charge in [0.05, 0.1) is 23.9 Å². The number of allylic oxidation sites excluding steroid dienone is 1. The summed E-state index contributed by atoms with van der Waals surface area (Å²) in [5, 5.41) is 3.33. The number of aromatic nitrogens is 2. The van der Waals surface area contributed by atoms with Gasteiger partial charge in [-0.15, -0.1) is 0 Å². The second-order valence-corrected chi connectivity index (χ2v) is 7.32. The Morgan fingerprint density at radius 1 is 1.21 bits per heavy atom. The number of halogens is 1. The van der Waals surface area contributed by atoms with E-state index in [0.717, 1.165) is 11.0 Å². The van der Waals surface area contributed by atoms with E-state index in [1.165, 1.54) is 11.6 Å². The molecule has 4 rings (SSSR count). The maximum absolute atomic E-state index is 12.9. The van der Waals surface area contributed by atoms with Gasteiger partial charge < -0.3 is 14.8 Å². The van der Waals surface area contributed by atoms with E-state index in [1.54, 1.807) is 18.2 Å². The summed E-state index contributed by atoms with van der Waals surface area (Å²) in [5.41, 5.74) is -0.305. The number of fused-ring (bicyclic) bond motifs is 2. The summed E-state index contributed by atoms with van der Waals surface area (Å²) in [6.07, 6.45) is 3.01. The highest BCUT2D eigenvalue weighted by Gasteiger charge is 2.32. The molecule has 1 N–H and O–H groups in total. The molecule has 9 heteroatoms. The molecule has 2 aromatic rings. The molecule has 8 nitrogen and oxygen atoms in total. The van der Waals surface area contributed by atoms with Crippen LogP contribution in [-0.4, -0.2) is 28.1 Å². The molecule has 0 spiro atoms. The number of carbonyl (C=O) groups excluding carboxylic acids is 1. The van der Waals surface area contributed by atoms with Crippen molar-refractivity contribution in [3.05, 3.63) is 54.8 Å².